The summed E-state index contributed by atoms with van der Waals surface area (Å²) < 4.78 is 10.0. The number of nitrogens with one attached hydrogen (secondary N) is 2. The Kier molecular flexibility index (Phi) is 13.0. The highest BCUT2D eigenvalue weighted by Gasteiger charge is 2.39. The van der Waals surface area contributed by atoms with E-state index in [1.165, 1.54) is 18.9 Å². The molecular weight excluding hydrogens is 745 g/mol. The third kappa shape index (κ3) is 9.01. The predicted molar refractivity (Wildman–Crippen MR) is 228 cm³/mol. The zero-order valence-electron chi connectivity index (χ0n) is 32.2. The van der Waals surface area contributed by atoms with Crippen LogP contribution in [0.3, 0.4) is 0 Å². The van der Waals surface area contributed by atoms with Gasteiger partial charge in [-0.05, 0) is 50.9 Å². The average molecular weight is 791 g/mol. The monoisotopic (exact) mass is 790 g/mol. The molecule has 0 fully saturated rings. The molecule has 0 radical (unpaired) electrons. The minimum atomic E-state index is -1.27. The van der Waals surface area contributed by atoms with Gasteiger partial charge in [0, 0.05) is 11.7 Å². The van der Waals surface area contributed by atoms with E-state index < -0.39 is 40.9 Å². The van der Waals surface area contributed by atoms with Gasteiger partial charge in [0.1, 0.15) is 12.6 Å². The van der Waals surface area contributed by atoms with Gasteiger partial charge in [-0.3, -0.25) is 9.59 Å². The number of amides is 2. The van der Waals surface area contributed by atoms with Gasteiger partial charge in [0.25, 0.3) is 0 Å². The Morgan fingerprint density at radius 1 is 0.655 bits per heavy atom. The van der Waals surface area contributed by atoms with E-state index in [1.54, 1.807) is 0 Å². The Bertz CT molecular complexity index is 2150. The second kappa shape index (κ2) is 18.9. The Hall–Kier alpha value is -6.16. The average Bonchev–Trinajstić information content (AvgIpc) is 3.60. The molecule has 0 spiro atoms. The summed E-state index contributed by atoms with van der Waals surface area (Å²) in [6, 6.07) is 53.9. The van der Waals surface area contributed by atoms with Gasteiger partial charge in [0.05, 0.1) is 30.4 Å². The van der Waals surface area contributed by atoms with E-state index >= 15 is 0 Å². The molecule has 58 heavy (non-hydrogen) atoms. The van der Waals surface area contributed by atoms with Crippen molar-refractivity contribution < 1.29 is 29.0 Å². The minimum absolute atomic E-state index is 0.0673. The van der Waals surface area contributed by atoms with Crippen LogP contribution in [0.4, 0.5) is 4.79 Å². The van der Waals surface area contributed by atoms with Gasteiger partial charge in [-0.25, -0.2) is 4.79 Å². The number of benzene rings is 6. The standard InChI is InChI=1S/C49H46N2O6S/c1-56-46(53)31-45(52)43(30-34-18-6-2-7-19-34)50-47(54)44(51-48(55)57-32-42-40-28-16-14-26-38(40)39-27-15-17-29-41(39)42)33-58-49(35-20-8-3-9-21-35,36-22-10-4-11-23-36)37-24-12-5-13-25-37/h2-29,42-45,52H,30-33H2,1H3,(H,50,54)(H,51,55)/t43-,44-,45+/m1/s1. The van der Waals surface area contributed by atoms with Crippen LogP contribution in [0.2, 0.25) is 0 Å². The fourth-order valence-electron chi connectivity index (χ4n) is 7.77. The van der Waals surface area contributed by atoms with Crippen molar-refractivity contribution in [2.24, 2.45) is 0 Å². The molecule has 0 saturated carbocycles. The van der Waals surface area contributed by atoms with Crippen molar-refractivity contribution in [1.82, 2.24) is 10.6 Å². The Labute approximate surface area is 343 Å². The Morgan fingerprint density at radius 2 is 1.12 bits per heavy atom. The maximum Gasteiger partial charge on any atom is 0.407 e. The van der Waals surface area contributed by atoms with Crippen LogP contribution in [0.15, 0.2) is 170 Å². The van der Waals surface area contributed by atoms with Crippen LogP contribution in [-0.4, -0.2) is 60.7 Å². The third-order valence-corrected chi connectivity index (χ3v) is 12.3. The quantitative estimate of drug-likeness (QED) is 0.0669. The second-order valence-corrected chi connectivity index (χ2v) is 15.5. The first-order chi connectivity index (χ1) is 28.4. The molecule has 3 atom stereocenters. The van der Waals surface area contributed by atoms with Gasteiger partial charge in [0.15, 0.2) is 0 Å². The molecule has 1 aliphatic rings. The lowest BCUT2D eigenvalue weighted by molar-refractivity contribution is -0.143. The van der Waals surface area contributed by atoms with Crippen LogP contribution in [0.25, 0.3) is 11.1 Å². The maximum absolute atomic E-state index is 14.6. The van der Waals surface area contributed by atoms with Crippen LogP contribution in [0.1, 0.15) is 45.7 Å². The van der Waals surface area contributed by atoms with Crippen molar-refractivity contribution in [2.45, 2.75) is 41.7 Å². The fourth-order valence-corrected chi connectivity index (χ4v) is 9.33. The molecule has 1 aliphatic carbocycles. The molecule has 0 aliphatic heterocycles. The van der Waals surface area contributed by atoms with E-state index in [2.05, 4.69) is 71.3 Å². The number of aliphatic hydroxyl groups excluding tert-OH is 1. The smallest absolute Gasteiger partial charge is 0.407 e. The molecule has 6 aromatic carbocycles. The van der Waals surface area contributed by atoms with Crippen LogP contribution < -0.4 is 10.6 Å². The number of esters is 1. The zero-order valence-corrected chi connectivity index (χ0v) is 33.0. The molecule has 0 unspecified atom stereocenters. The summed E-state index contributed by atoms with van der Waals surface area (Å²) in [4.78, 5) is 40.9. The lowest BCUT2D eigenvalue weighted by Gasteiger charge is -2.36. The Morgan fingerprint density at radius 3 is 1.62 bits per heavy atom. The number of aliphatic hydroxyl groups is 1. The van der Waals surface area contributed by atoms with Crippen LogP contribution >= 0.6 is 11.8 Å². The predicted octanol–water partition coefficient (Wildman–Crippen LogP) is 8.27. The first-order valence-corrected chi connectivity index (χ1v) is 20.4. The number of thioether (sulfide) groups is 1. The molecule has 9 heteroatoms. The van der Waals surface area contributed by atoms with E-state index in [-0.39, 0.29) is 31.1 Å². The highest BCUT2D eigenvalue weighted by atomic mass is 32.2. The highest BCUT2D eigenvalue weighted by molar-refractivity contribution is 8.00. The first kappa shape index (κ1) is 40.1. The normalized spacial score (nSPS) is 13.6. The van der Waals surface area contributed by atoms with Gasteiger partial charge >= 0.3 is 12.1 Å². The van der Waals surface area contributed by atoms with E-state index in [0.717, 1.165) is 44.5 Å². The van der Waals surface area contributed by atoms with E-state index in [9.17, 15) is 19.5 Å². The maximum atomic E-state index is 14.6. The topological polar surface area (TPSA) is 114 Å². The largest absolute Gasteiger partial charge is 0.469 e. The number of rotatable bonds is 16. The van der Waals surface area contributed by atoms with Crippen molar-refractivity contribution in [3.05, 3.63) is 203 Å². The number of hydrogen-bond donors (Lipinski definition) is 3. The molecule has 6 aromatic rings. The van der Waals surface area contributed by atoms with Crippen LogP contribution in [0.5, 0.6) is 0 Å². The van der Waals surface area contributed by atoms with Crippen LogP contribution in [-0.2, 0) is 30.2 Å². The van der Waals surface area contributed by atoms with Crippen molar-refractivity contribution in [1.29, 1.82) is 0 Å². The molecule has 8 nitrogen and oxygen atoms in total. The summed E-state index contributed by atoms with van der Waals surface area (Å²) in [5.74, 6) is -1.21. The van der Waals surface area contributed by atoms with Crippen molar-refractivity contribution in [3.63, 3.8) is 0 Å². The van der Waals surface area contributed by atoms with Gasteiger partial charge in [-0.15, -0.1) is 11.8 Å². The zero-order chi connectivity index (χ0) is 40.3. The fraction of sp³-hybridized carbons (Fsp3) is 0.204. The summed E-state index contributed by atoms with van der Waals surface area (Å²) in [6.07, 6.45) is -2.11. The molecule has 294 valence electrons. The van der Waals surface area contributed by atoms with Crippen molar-refractivity contribution in [2.75, 3.05) is 19.5 Å². The number of carbonyl (C=O) groups excluding carboxylic acids is 3. The SMILES string of the molecule is COC(=O)C[C@H](O)[C@@H](Cc1ccccc1)NC(=O)[C@@H](CSC(c1ccccc1)(c1ccccc1)c1ccccc1)NC(=O)OCC1c2ccccc2-c2ccccc21. The summed E-state index contributed by atoms with van der Waals surface area (Å²) in [7, 11) is 1.25. The van der Waals surface area contributed by atoms with Gasteiger partial charge in [-0.2, -0.15) is 0 Å². The van der Waals surface area contributed by atoms with E-state index in [1.807, 2.05) is 109 Å². The van der Waals surface area contributed by atoms with Crippen molar-refractivity contribution >= 4 is 29.7 Å². The molecule has 0 bridgehead atoms. The molecule has 2 amide bonds. The molecule has 0 heterocycles. The van der Waals surface area contributed by atoms with Crippen molar-refractivity contribution in [3.8, 4) is 11.1 Å². The number of alkyl carbamates (subject to hydrolysis) is 1. The number of methoxy groups -OCH3 is 1. The molecule has 0 aromatic heterocycles. The number of hydrogen-bond acceptors (Lipinski definition) is 7. The lowest BCUT2D eigenvalue weighted by atomic mass is 9.84. The van der Waals surface area contributed by atoms with Gasteiger partial charge < -0.3 is 25.2 Å². The van der Waals surface area contributed by atoms with Crippen LogP contribution in [0, 0.1) is 0 Å². The summed E-state index contributed by atoms with van der Waals surface area (Å²) in [5, 5.41) is 17.2. The molecule has 7 rings (SSSR count). The summed E-state index contributed by atoms with van der Waals surface area (Å²) in [6.45, 7) is 0.0673. The summed E-state index contributed by atoms with van der Waals surface area (Å²) >= 11 is 1.52. The summed E-state index contributed by atoms with van der Waals surface area (Å²) in [5.41, 5.74) is 8.19. The Balaban J connectivity index is 1.21. The first-order valence-electron chi connectivity index (χ1n) is 19.4. The number of fused-ring (bicyclic) bond motifs is 3. The molecule has 3 N–H and O–H groups in total. The number of carbonyl (C=O) groups is 3. The second-order valence-electron chi connectivity index (χ2n) is 14.3. The lowest BCUT2D eigenvalue weighted by Crippen LogP contribution is -2.55. The molecule has 0 saturated heterocycles. The van der Waals surface area contributed by atoms with Gasteiger partial charge in [0.2, 0.25) is 5.91 Å². The molecular formula is C49H46N2O6S. The van der Waals surface area contributed by atoms with E-state index in [0.29, 0.717) is 0 Å². The van der Waals surface area contributed by atoms with Gasteiger partial charge in [-0.1, -0.05) is 170 Å². The minimum Gasteiger partial charge on any atom is -0.469 e. The third-order valence-electron chi connectivity index (χ3n) is 10.7. The highest BCUT2D eigenvalue weighted by Crippen LogP contribution is 2.49. The number of ether oxygens (including phenoxy) is 2. The van der Waals surface area contributed by atoms with E-state index in [4.69, 9.17) is 9.47 Å².